The number of rotatable bonds is 12. The zero-order valence-corrected chi connectivity index (χ0v) is 40.3. The largest absolute Gasteiger partial charge is 0.443 e. The van der Waals surface area contributed by atoms with E-state index in [1.54, 1.807) is 65.8 Å². The number of Topliss-reactive ketones (excluding diaryl/α,β-unsaturated/α-hetero) is 1. The quantitative estimate of drug-likeness (QED) is 0.0709. The van der Waals surface area contributed by atoms with E-state index in [0.717, 1.165) is 4.90 Å². The summed E-state index contributed by atoms with van der Waals surface area (Å²) in [6, 6.07) is 10.3. The van der Waals surface area contributed by atoms with E-state index in [2.05, 4.69) is 65.4 Å². The first-order chi connectivity index (χ1) is 28.2. The molecule has 2 aliphatic rings. The minimum Gasteiger partial charge on any atom is -0.443 e. The van der Waals surface area contributed by atoms with Crippen LogP contribution in [0.15, 0.2) is 52.4 Å². The number of hydrogen-bond acceptors (Lipinski definition) is 13. The van der Waals surface area contributed by atoms with Gasteiger partial charge in [-0.05, 0) is 76.2 Å². The minimum absolute atomic E-state index is 0.0106. The van der Waals surface area contributed by atoms with Crippen molar-refractivity contribution in [2.45, 2.75) is 167 Å². The van der Waals surface area contributed by atoms with E-state index in [1.165, 1.54) is 16.8 Å². The molecule has 0 aliphatic carbocycles. The highest BCUT2D eigenvalue weighted by Crippen LogP contribution is 2.50. The molecule has 5 atom stereocenters. The monoisotopic (exact) mass is 888 g/mol. The van der Waals surface area contributed by atoms with Crippen LogP contribution in [0.2, 0.25) is 22.2 Å². The summed E-state index contributed by atoms with van der Waals surface area (Å²) in [5.41, 5.74) is 9.70. The van der Waals surface area contributed by atoms with E-state index in [9.17, 15) is 19.2 Å². The lowest BCUT2D eigenvalue weighted by molar-refractivity contribution is -0.0857. The summed E-state index contributed by atoms with van der Waals surface area (Å²) >= 11 is 0. The van der Waals surface area contributed by atoms with E-state index in [4.69, 9.17) is 43.4 Å². The van der Waals surface area contributed by atoms with E-state index < -0.39 is 82.8 Å². The standard InChI is InChI=1S/C42H68N6O11Si2/c1-25(2)60(26(3)4)57-32(31(49)29-19-16-15-17-20-29)33-34(58-61(59-60,27(5)6)28(7)8)35(36(54-33)47-23-21-30(43)45-38(47)50)53-24-18-22-48(40(52)56-42(12,13)14)37(44)46-39(51)55-41(9,10)11/h15-17,19-21,23,25-28,32-36H,18,22,24H2,1-14H3,(H2,43,45,50)(H2,44,46,51)/t32?,33-,34-,35-,36-/m1/s1. The van der Waals surface area contributed by atoms with Crippen LogP contribution in [0.3, 0.4) is 0 Å². The molecule has 1 aromatic heterocycles. The molecule has 1 aromatic carbocycles. The fourth-order valence-electron chi connectivity index (χ4n) is 7.65. The van der Waals surface area contributed by atoms with Gasteiger partial charge in [0.1, 0.15) is 41.4 Å². The van der Waals surface area contributed by atoms with Gasteiger partial charge >= 0.3 is 35.0 Å². The zero-order chi connectivity index (χ0) is 45.8. The van der Waals surface area contributed by atoms with E-state index in [1.807, 2.05) is 6.07 Å². The third-order valence-corrected chi connectivity index (χ3v) is 20.7. The summed E-state index contributed by atoms with van der Waals surface area (Å²) in [7, 11) is -6.72. The number of carbonyl (C=O) groups is 3. The van der Waals surface area contributed by atoms with Crippen molar-refractivity contribution < 1.29 is 46.3 Å². The number of aliphatic imine (C=N–C) groups is 1. The Hall–Kier alpha value is -3.99. The fraction of sp³-hybridized carbons (Fsp3) is 0.667. The number of guanidine groups is 1. The van der Waals surface area contributed by atoms with Crippen LogP contribution in [0.1, 0.15) is 120 Å². The molecule has 2 aromatic rings. The number of ketones is 1. The maximum atomic E-state index is 14.8. The van der Waals surface area contributed by atoms with Gasteiger partial charge < -0.3 is 43.4 Å². The van der Waals surface area contributed by atoms with Gasteiger partial charge in [-0.15, -0.1) is 4.99 Å². The van der Waals surface area contributed by atoms with Crippen LogP contribution in [-0.4, -0.2) is 104 Å². The molecule has 0 bridgehead atoms. The van der Waals surface area contributed by atoms with Crippen molar-refractivity contribution in [3.8, 4) is 0 Å². The number of nitrogens with two attached hydrogens (primary N) is 2. The average Bonchev–Trinajstić information content (AvgIpc) is 3.45. The van der Waals surface area contributed by atoms with Gasteiger partial charge in [-0.1, -0.05) is 85.7 Å². The first kappa shape index (κ1) is 49.7. The molecule has 4 N–H and O–H groups in total. The summed E-state index contributed by atoms with van der Waals surface area (Å²) in [4.78, 5) is 63.3. The third-order valence-electron chi connectivity index (χ3n) is 10.5. The third kappa shape index (κ3) is 11.7. The van der Waals surface area contributed by atoms with Crippen molar-refractivity contribution in [1.82, 2.24) is 14.5 Å². The molecule has 2 fully saturated rings. The van der Waals surface area contributed by atoms with Crippen molar-refractivity contribution in [2.75, 3.05) is 18.9 Å². The molecule has 2 amide bonds. The molecule has 61 heavy (non-hydrogen) atoms. The minimum atomic E-state index is -3.36. The Morgan fingerprint density at radius 1 is 0.852 bits per heavy atom. The highest BCUT2D eigenvalue weighted by Gasteiger charge is 2.65. The number of ether oxygens (including phenoxy) is 4. The number of hydrogen-bond donors (Lipinski definition) is 2. The molecule has 0 spiro atoms. The van der Waals surface area contributed by atoms with Gasteiger partial charge in [-0.3, -0.25) is 9.36 Å². The Bertz CT molecular complexity index is 1910. The second-order valence-corrected chi connectivity index (χ2v) is 27.6. The van der Waals surface area contributed by atoms with Crippen molar-refractivity contribution in [1.29, 1.82) is 0 Å². The highest BCUT2D eigenvalue weighted by atomic mass is 28.5. The smallest absolute Gasteiger partial charge is 0.437 e. The van der Waals surface area contributed by atoms with Crippen molar-refractivity contribution in [3.05, 3.63) is 58.6 Å². The normalized spacial score (nSPS) is 23.1. The van der Waals surface area contributed by atoms with E-state index in [0.29, 0.717) is 5.56 Å². The summed E-state index contributed by atoms with van der Waals surface area (Å²) in [5.74, 6) is -0.756. The highest BCUT2D eigenvalue weighted by molar-refractivity contribution is 6.84. The van der Waals surface area contributed by atoms with Gasteiger partial charge in [-0.2, -0.15) is 4.98 Å². The van der Waals surface area contributed by atoms with Crippen LogP contribution in [0.4, 0.5) is 15.4 Å². The van der Waals surface area contributed by atoms with Gasteiger partial charge in [0, 0.05) is 24.9 Å². The lowest BCUT2D eigenvalue weighted by atomic mass is 9.98. The molecular formula is C42H68N6O11Si2. The molecule has 1 unspecified atom stereocenters. The van der Waals surface area contributed by atoms with Gasteiger partial charge in [0.2, 0.25) is 5.96 Å². The first-order valence-electron chi connectivity index (χ1n) is 21.1. The summed E-state index contributed by atoms with van der Waals surface area (Å²) in [5, 5.41) is 0. The Labute approximate surface area is 362 Å². The lowest BCUT2D eigenvalue weighted by Crippen LogP contribution is -2.68. The Morgan fingerprint density at radius 2 is 1.41 bits per heavy atom. The number of anilines is 1. The number of nitrogen functional groups attached to an aromatic ring is 1. The van der Waals surface area contributed by atoms with E-state index in [-0.39, 0.29) is 53.3 Å². The molecule has 3 heterocycles. The van der Waals surface area contributed by atoms with Crippen LogP contribution in [-0.2, 0) is 31.9 Å². The number of carbonyl (C=O) groups excluding carboxylic acids is 3. The van der Waals surface area contributed by atoms with Crippen molar-refractivity contribution in [2.24, 2.45) is 10.7 Å². The topological polar surface area (TPSA) is 218 Å². The Kier molecular flexibility index (Phi) is 16.0. The maximum absolute atomic E-state index is 14.8. The molecule has 0 radical (unpaired) electrons. The number of aromatic nitrogens is 2. The number of benzene rings is 1. The van der Waals surface area contributed by atoms with Gasteiger partial charge in [0.25, 0.3) is 0 Å². The molecule has 2 saturated heterocycles. The second kappa shape index (κ2) is 19.6. The molecule has 4 rings (SSSR count). The lowest BCUT2D eigenvalue weighted by Gasteiger charge is -2.53. The van der Waals surface area contributed by atoms with E-state index >= 15 is 0 Å². The van der Waals surface area contributed by atoms with Gasteiger partial charge in [0.15, 0.2) is 12.0 Å². The Balaban J connectivity index is 1.84. The maximum Gasteiger partial charge on any atom is 0.437 e. The molecule has 2 aliphatic heterocycles. The molecule has 340 valence electrons. The van der Waals surface area contributed by atoms with Gasteiger partial charge in [-0.25, -0.2) is 19.3 Å². The van der Waals surface area contributed by atoms with Crippen LogP contribution < -0.4 is 17.2 Å². The summed E-state index contributed by atoms with van der Waals surface area (Å²) in [6.07, 6.45) is -5.77. The van der Waals surface area contributed by atoms with Crippen molar-refractivity contribution >= 4 is 46.9 Å². The zero-order valence-electron chi connectivity index (χ0n) is 38.3. The molecule has 19 heteroatoms. The number of amides is 2. The summed E-state index contributed by atoms with van der Waals surface area (Å²) in [6.45, 7) is 26.5. The predicted octanol–water partition coefficient (Wildman–Crippen LogP) is 7.19. The Morgan fingerprint density at radius 3 is 1.93 bits per heavy atom. The van der Waals surface area contributed by atoms with Gasteiger partial charge in [0.05, 0.1) is 0 Å². The average molecular weight is 889 g/mol. The molecular weight excluding hydrogens is 821 g/mol. The number of fused-ring (bicyclic) bond motifs is 1. The van der Waals surface area contributed by atoms with Crippen LogP contribution in [0.25, 0.3) is 0 Å². The molecule has 0 saturated carbocycles. The van der Waals surface area contributed by atoms with Crippen LogP contribution in [0.5, 0.6) is 0 Å². The SMILES string of the molecule is CC(C)[Si]1(C(C)C)OC(C(=O)c2ccccc2)[C@H]2O[C@@H](n3ccc(N)nc3=O)[C@H](OCCCN(C(=O)OC(C)(C)C)C(N)=NC(=O)OC(C)(C)C)[C@@H]2O[Si](C(C)C)(C(C)C)O1. The van der Waals surface area contributed by atoms with Crippen molar-refractivity contribution in [3.63, 3.8) is 0 Å². The predicted molar refractivity (Wildman–Crippen MR) is 235 cm³/mol. The second-order valence-electron chi connectivity index (χ2n) is 18.8. The fourth-order valence-corrected chi connectivity index (χ4v) is 18.9. The van der Waals surface area contributed by atoms with Crippen LogP contribution >= 0.6 is 0 Å². The first-order valence-corrected chi connectivity index (χ1v) is 25.0. The number of nitrogens with zero attached hydrogens (tertiary/aromatic N) is 4. The summed E-state index contributed by atoms with van der Waals surface area (Å²) < 4.78 is 48.0. The molecule has 17 nitrogen and oxygen atoms in total. The van der Waals surface area contributed by atoms with Crippen LogP contribution in [0, 0.1) is 0 Å².